The molecule has 0 atom stereocenters. The monoisotopic (exact) mass is 423 g/mol. The van der Waals surface area contributed by atoms with Crippen LogP contribution in [0.15, 0.2) is 77.7 Å². The lowest BCUT2D eigenvalue weighted by atomic mass is 10.2. The number of carbonyl (C=O) groups is 1. The van der Waals surface area contributed by atoms with Crippen LogP contribution in [-0.2, 0) is 6.61 Å². The number of anilines is 1. The second kappa shape index (κ2) is 8.34. The molecule has 4 rings (SSSR count). The topological polar surface area (TPSA) is 72.7 Å². The zero-order valence-electron chi connectivity index (χ0n) is 15.5. The van der Waals surface area contributed by atoms with Crippen LogP contribution in [0.5, 0.6) is 5.75 Å². The van der Waals surface area contributed by atoms with Crippen molar-refractivity contribution in [1.29, 1.82) is 0 Å². The smallest absolute Gasteiger partial charge is 0.258 e. The van der Waals surface area contributed by atoms with Crippen molar-refractivity contribution in [1.82, 2.24) is 9.38 Å². The molecular weight excluding hydrogens is 409 g/mol. The lowest BCUT2D eigenvalue weighted by molar-refractivity contribution is 0.102. The third-order valence-electron chi connectivity index (χ3n) is 4.28. The number of pyridine rings is 1. The fourth-order valence-corrected chi connectivity index (χ4v) is 2.96. The van der Waals surface area contributed by atoms with E-state index in [4.69, 9.17) is 16.3 Å². The number of rotatable bonds is 5. The van der Waals surface area contributed by atoms with Gasteiger partial charge in [-0.25, -0.2) is 9.37 Å². The maximum atomic E-state index is 13.0. The van der Waals surface area contributed by atoms with Gasteiger partial charge in [0.25, 0.3) is 11.5 Å². The van der Waals surface area contributed by atoms with Gasteiger partial charge in [-0.1, -0.05) is 11.6 Å². The first-order chi connectivity index (χ1) is 14.5. The number of hydrogen-bond acceptors (Lipinski definition) is 4. The van der Waals surface area contributed by atoms with Gasteiger partial charge < -0.3 is 10.1 Å². The first kappa shape index (κ1) is 19.6. The summed E-state index contributed by atoms with van der Waals surface area (Å²) in [5, 5.41) is 3.17. The van der Waals surface area contributed by atoms with E-state index in [2.05, 4.69) is 10.3 Å². The molecule has 0 aliphatic heterocycles. The number of carbonyl (C=O) groups excluding carboxylic acids is 1. The van der Waals surface area contributed by atoms with Gasteiger partial charge in [-0.15, -0.1) is 0 Å². The molecule has 0 unspecified atom stereocenters. The van der Waals surface area contributed by atoms with E-state index in [1.165, 1.54) is 40.9 Å². The molecule has 2 aromatic heterocycles. The minimum atomic E-state index is -0.402. The number of ether oxygens (including phenoxy) is 1. The first-order valence-electron chi connectivity index (χ1n) is 8.95. The van der Waals surface area contributed by atoms with Gasteiger partial charge in [0.15, 0.2) is 0 Å². The molecule has 0 spiro atoms. The van der Waals surface area contributed by atoms with E-state index in [-0.39, 0.29) is 18.1 Å². The summed E-state index contributed by atoms with van der Waals surface area (Å²) < 4.78 is 20.0. The van der Waals surface area contributed by atoms with Crippen LogP contribution < -0.4 is 15.6 Å². The number of amides is 1. The van der Waals surface area contributed by atoms with Crippen LogP contribution in [0.25, 0.3) is 5.65 Å². The molecule has 0 aliphatic rings. The number of nitrogens with one attached hydrogen (secondary N) is 1. The molecule has 1 amide bonds. The number of halogens is 2. The molecule has 0 radical (unpaired) electrons. The SMILES string of the molecule is O=C(Nc1ccc(OCc2cc(=O)n3cc(Cl)ccc3n2)cc1)c1ccc(F)cc1. The Kier molecular flexibility index (Phi) is 5.45. The molecule has 1 N–H and O–H groups in total. The maximum absolute atomic E-state index is 13.0. The highest BCUT2D eigenvalue weighted by atomic mass is 35.5. The Morgan fingerprint density at radius 3 is 2.53 bits per heavy atom. The third-order valence-corrected chi connectivity index (χ3v) is 4.51. The highest BCUT2D eigenvalue weighted by Gasteiger charge is 2.07. The molecule has 0 bridgehead atoms. The number of nitrogens with zero attached hydrogens (tertiary/aromatic N) is 2. The molecule has 6 nitrogen and oxygen atoms in total. The molecule has 2 heterocycles. The molecule has 0 aliphatic carbocycles. The van der Waals surface area contributed by atoms with Gasteiger partial charge in [0.2, 0.25) is 0 Å². The molecule has 4 aromatic rings. The van der Waals surface area contributed by atoms with Crippen LogP contribution in [0, 0.1) is 5.82 Å². The molecule has 150 valence electrons. The minimum Gasteiger partial charge on any atom is -0.487 e. The largest absolute Gasteiger partial charge is 0.487 e. The van der Waals surface area contributed by atoms with E-state index in [9.17, 15) is 14.0 Å². The molecule has 0 saturated carbocycles. The molecular formula is C22H15ClFN3O3. The van der Waals surface area contributed by atoms with Gasteiger partial charge in [-0.3, -0.25) is 14.0 Å². The summed E-state index contributed by atoms with van der Waals surface area (Å²) >= 11 is 5.90. The van der Waals surface area contributed by atoms with Crippen LogP contribution in [-0.4, -0.2) is 15.3 Å². The molecule has 8 heteroatoms. The third kappa shape index (κ3) is 4.47. The number of fused-ring (bicyclic) bond motifs is 1. The fourth-order valence-electron chi connectivity index (χ4n) is 2.80. The van der Waals surface area contributed by atoms with Crippen LogP contribution >= 0.6 is 11.6 Å². The van der Waals surface area contributed by atoms with Crippen molar-refractivity contribution in [2.75, 3.05) is 5.32 Å². The maximum Gasteiger partial charge on any atom is 0.258 e. The van der Waals surface area contributed by atoms with Crippen LogP contribution in [0.3, 0.4) is 0 Å². The molecule has 30 heavy (non-hydrogen) atoms. The number of hydrogen-bond donors (Lipinski definition) is 1. The predicted octanol–water partition coefficient (Wildman–Crippen LogP) is 4.32. The average Bonchev–Trinajstić information content (AvgIpc) is 2.74. The van der Waals surface area contributed by atoms with Gasteiger partial charge in [-0.05, 0) is 60.7 Å². The van der Waals surface area contributed by atoms with E-state index >= 15 is 0 Å². The Morgan fingerprint density at radius 1 is 1.07 bits per heavy atom. The van der Waals surface area contributed by atoms with Crippen molar-refractivity contribution >= 4 is 28.8 Å². The van der Waals surface area contributed by atoms with Crippen molar-refractivity contribution in [3.05, 3.63) is 105 Å². The minimum absolute atomic E-state index is 0.107. The highest BCUT2D eigenvalue weighted by Crippen LogP contribution is 2.18. The van der Waals surface area contributed by atoms with Crippen molar-refractivity contribution in [3.8, 4) is 5.75 Å². The standard InChI is InChI=1S/C22H15ClFN3O3/c23-15-3-10-20-25-18(11-21(28)27(20)12-15)13-30-19-8-6-17(7-9-19)26-22(29)14-1-4-16(24)5-2-14/h1-12H,13H2,(H,26,29). The van der Waals surface area contributed by atoms with Gasteiger partial charge in [0, 0.05) is 23.5 Å². The van der Waals surface area contributed by atoms with Crippen molar-refractivity contribution < 1.29 is 13.9 Å². The lowest BCUT2D eigenvalue weighted by Crippen LogP contribution is -2.16. The van der Waals surface area contributed by atoms with Gasteiger partial charge in [0.1, 0.15) is 23.8 Å². The van der Waals surface area contributed by atoms with Crippen LogP contribution in [0.4, 0.5) is 10.1 Å². The van der Waals surface area contributed by atoms with E-state index in [1.54, 1.807) is 36.4 Å². The summed E-state index contributed by atoms with van der Waals surface area (Å²) in [6, 6.07) is 16.7. The predicted molar refractivity (Wildman–Crippen MR) is 112 cm³/mol. The van der Waals surface area contributed by atoms with Crippen molar-refractivity contribution in [2.45, 2.75) is 6.61 Å². The normalized spacial score (nSPS) is 10.7. The molecule has 2 aromatic carbocycles. The Hall–Kier alpha value is -3.71. The summed E-state index contributed by atoms with van der Waals surface area (Å²) in [6.45, 7) is 0.107. The van der Waals surface area contributed by atoms with Crippen LogP contribution in [0.2, 0.25) is 5.02 Å². The van der Waals surface area contributed by atoms with E-state index in [0.717, 1.165) is 0 Å². The molecule has 0 saturated heterocycles. The second-order valence-electron chi connectivity index (χ2n) is 6.44. The summed E-state index contributed by atoms with van der Waals surface area (Å²) in [7, 11) is 0. The first-order valence-corrected chi connectivity index (χ1v) is 9.33. The Balaban J connectivity index is 1.41. The van der Waals surface area contributed by atoms with E-state index < -0.39 is 5.82 Å². The van der Waals surface area contributed by atoms with Gasteiger partial charge >= 0.3 is 0 Å². The summed E-state index contributed by atoms with van der Waals surface area (Å²) in [5.41, 5.74) is 1.63. The Morgan fingerprint density at radius 2 is 1.80 bits per heavy atom. The van der Waals surface area contributed by atoms with Crippen molar-refractivity contribution in [2.24, 2.45) is 0 Å². The number of benzene rings is 2. The second-order valence-corrected chi connectivity index (χ2v) is 6.87. The average molecular weight is 424 g/mol. The lowest BCUT2D eigenvalue weighted by Gasteiger charge is -2.09. The number of aromatic nitrogens is 2. The Labute approximate surface area is 175 Å². The van der Waals surface area contributed by atoms with E-state index in [0.29, 0.717) is 33.4 Å². The Bertz CT molecular complexity index is 1270. The summed E-state index contributed by atoms with van der Waals surface area (Å²) in [4.78, 5) is 28.7. The van der Waals surface area contributed by atoms with Gasteiger partial charge in [0.05, 0.1) is 10.7 Å². The zero-order chi connectivity index (χ0) is 21.1. The zero-order valence-corrected chi connectivity index (χ0v) is 16.3. The summed E-state index contributed by atoms with van der Waals surface area (Å²) in [5.74, 6) is -0.196. The van der Waals surface area contributed by atoms with Crippen molar-refractivity contribution in [3.63, 3.8) is 0 Å². The quantitative estimate of drug-likeness (QED) is 0.519. The van der Waals surface area contributed by atoms with Gasteiger partial charge in [-0.2, -0.15) is 0 Å². The summed E-state index contributed by atoms with van der Waals surface area (Å²) in [6.07, 6.45) is 1.51. The molecule has 0 fully saturated rings. The van der Waals surface area contributed by atoms with E-state index in [1.807, 2.05) is 0 Å². The van der Waals surface area contributed by atoms with Crippen LogP contribution in [0.1, 0.15) is 16.1 Å². The fraction of sp³-hybridized carbons (Fsp3) is 0.0455. The highest BCUT2D eigenvalue weighted by molar-refractivity contribution is 6.30.